The normalized spacial score (nSPS) is 11.6. The molecule has 1 unspecified atom stereocenters. The molecule has 0 spiro atoms. The molecule has 0 aliphatic heterocycles. The van der Waals surface area contributed by atoms with E-state index in [0.717, 1.165) is 6.42 Å². The minimum atomic E-state index is -0.189. The highest BCUT2D eigenvalue weighted by atomic mass is 16.5. The summed E-state index contributed by atoms with van der Waals surface area (Å²) in [7, 11) is 0. The van der Waals surface area contributed by atoms with Gasteiger partial charge in [-0.15, -0.1) is 0 Å². The average molecular weight is 321 g/mol. The molecule has 0 aliphatic rings. The lowest BCUT2D eigenvalue weighted by atomic mass is 10.2. The van der Waals surface area contributed by atoms with Gasteiger partial charge in [-0.2, -0.15) is 0 Å². The molecule has 128 valence electrons. The second-order valence-electron chi connectivity index (χ2n) is 5.40. The van der Waals surface area contributed by atoms with E-state index >= 15 is 0 Å². The Bertz CT molecular complexity index is 504. The molecule has 1 rings (SSSR count). The minimum absolute atomic E-state index is 0.0189. The van der Waals surface area contributed by atoms with Crippen LogP contribution in [-0.2, 0) is 4.79 Å². The summed E-state index contributed by atoms with van der Waals surface area (Å²) in [5, 5.41) is 5.62. The Hall–Kier alpha value is -2.08. The second kappa shape index (κ2) is 10.6. The van der Waals surface area contributed by atoms with E-state index < -0.39 is 0 Å². The number of para-hydroxylation sites is 1. The zero-order valence-electron chi connectivity index (χ0n) is 13.9. The molecule has 1 aromatic carbocycles. The number of carbonyl (C=O) groups excluding carboxylic acids is 2. The van der Waals surface area contributed by atoms with Crippen molar-refractivity contribution in [2.24, 2.45) is 5.73 Å². The van der Waals surface area contributed by atoms with Crippen LogP contribution in [0.5, 0.6) is 5.75 Å². The van der Waals surface area contributed by atoms with Crippen molar-refractivity contribution in [1.29, 1.82) is 0 Å². The van der Waals surface area contributed by atoms with E-state index in [2.05, 4.69) is 10.6 Å². The number of nitrogens with two attached hydrogens (primary N) is 1. The Labute approximate surface area is 137 Å². The first kappa shape index (κ1) is 19.0. The summed E-state index contributed by atoms with van der Waals surface area (Å²) >= 11 is 0. The summed E-state index contributed by atoms with van der Waals surface area (Å²) in [6.07, 6.45) is 1.73. The summed E-state index contributed by atoms with van der Waals surface area (Å²) < 4.78 is 5.43. The molecule has 23 heavy (non-hydrogen) atoms. The Morgan fingerprint density at radius 2 is 1.96 bits per heavy atom. The molecule has 0 saturated carbocycles. The van der Waals surface area contributed by atoms with Gasteiger partial charge in [-0.3, -0.25) is 9.59 Å². The standard InChI is InChI=1S/C17H27N3O3/c1-3-23-15-8-5-4-7-14(15)17(22)20-11-6-9-16(21)19-12-10-13(2)18/h4-5,7-8,13H,3,6,9-12,18H2,1-2H3,(H,19,21)(H,20,22). The highest BCUT2D eigenvalue weighted by Crippen LogP contribution is 2.17. The number of ether oxygens (including phenoxy) is 1. The van der Waals surface area contributed by atoms with Crippen LogP contribution in [0.4, 0.5) is 0 Å². The van der Waals surface area contributed by atoms with Crippen molar-refractivity contribution >= 4 is 11.8 Å². The first-order valence-corrected chi connectivity index (χ1v) is 8.07. The molecule has 0 fully saturated rings. The van der Waals surface area contributed by atoms with Crippen molar-refractivity contribution in [3.63, 3.8) is 0 Å². The molecular formula is C17H27N3O3. The number of benzene rings is 1. The number of amides is 2. The van der Waals surface area contributed by atoms with Crippen molar-refractivity contribution in [1.82, 2.24) is 10.6 Å². The van der Waals surface area contributed by atoms with Gasteiger partial charge < -0.3 is 21.1 Å². The van der Waals surface area contributed by atoms with Crippen molar-refractivity contribution in [2.45, 2.75) is 39.2 Å². The fourth-order valence-electron chi connectivity index (χ4n) is 2.01. The maximum atomic E-state index is 12.1. The van der Waals surface area contributed by atoms with Crippen LogP contribution in [0.25, 0.3) is 0 Å². The summed E-state index contributed by atoms with van der Waals surface area (Å²) in [6, 6.07) is 7.20. The third-order valence-corrected chi connectivity index (χ3v) is 3.22. The molecule has 6 heteroatoms. The first-order chi connectivity index (χ1) is 11.0. The molecule has 4 N–H and O–H groups in total. The quantitative estimate of drug-likeness (QED) is 0.569. The Morgan fingerprint density at radius 1 is 1.22 bits per heavy atom. The van der Waals surface area contributed by atoms with Gasteiger partial charge in [0.15, 0.2) is 0 Å². The van der Waals surface area contributed by atoms with E-state index in [4.69, 9.17) is 10.5 Å². The highest BCUT2D eigenvalue weighted by Gasteiger charge is 2.11. The predicted octanol–water partition coefficient (Wildman–Crippen LogP) is 1.45. The van der Waals surface area contributed by atoms with Crippen LogP contribution < -0.4 is 21.1 Å². The Balaban J connectivity index is 2.28. The van der Waals surface area contributed by atoms with Crippen molar-refractivity contribution in [2.75, 3.05) is 19.7 Å². The maximum Gasteiger partial charge on any atom is 0.255 e. The molecular weight excluding hydrogens is 294 g/mol. The molecule has 0 saturated heterocycles. The van der Waals surface area contributed by atoms with E-state index in [-0.39, 0.29) is 17.9 Å². The zero-order chi connectivity index (χ0) is 17.1. The van der Waals surface area contributed by atoms with Crippen molar-refractivity contribution in [3.05, 3.63) is 29.8 Å². The number of hydrogen-bond donors (Lipinski definition) is 3. The molecule has 1 aromatic rings. The van der Waals surface area contributed by atoms with E-state index in [1.807, 2.05) is 19.9 Å². The third-order valence-electron chi connectivity index (χ3n) is 3.22. The largest absolute Gasteiger partial charge is 0.493 e. The maximum absolute atomic E-state index is 12.1. The van der Waals surface area contributed by atoms with Gasteiger partial charge in [0.25, 0.3) is 5.91 Å². The highest BCUT2D eigenvalue weighted by molar-refractivity contribution is 5.96. The predicted molar refractivity (Wildman–Crippen MR) is 90.5 cm³/mol. The van der Waals surface area contributed by atoms with Crippen LogP contribution in [0.3, 0.4) is 0 Å². The Morgan fingerprint density at radius 3 is 2.65 bits per heavy atom. The van der Waals surface area contributed by atoms with Crippen molar-refractivity contribution in [3.8, 4) is 5.75 Å². The second-order valence-corrected chi connectivity index (χ2v) is 5.40. The zero-order valence-corrected chi connectivity index (χ0v) is 13.9. The van der Waals surface area contributed by atoms with Gasteiger partial charge in [0.05, 0.1) is 12.2 Å². The van der Waals surface area contributed by atoms with Gasteiger partial charge in [0.1, 0.15) is 5.75 Å². The fraction of sp³-hybridized carbons (Fsp3) is 0.529. The number of nitrogens with one attached hydrogen (secondary N) is 2. The topological polar surface area (TPSA) is 93.4 Å². The number of carbonyl (C=O) groups is 2. The lowest BCUT2D eigenvalue weighted by Crippen LogP contribution is -2.30. The van der Waals surface area contributed by atoms with Gasteiger partial charge >= 0.3 is 0 Å². The van der Waals surface area contributed by atoms with Gasteiger partial charge in [-0.05, 0) is 38.8 Å². The monoisotopic (exact) mass is 321 g/mol. The minimum Gasteiger partial charge on any atom is -0.493 e. The van der Waals surface area contributed by atoms with E-state index in [0.29, 0.717) is 43.9 Å². The van der Waals surface area contributed by atoms with Crippen LogP contribution in [0, 0.1) is 0 Å². The molecule has 0 bridgehead atoms. The van der Waals surface area contributed by atoms with Crippen LogP contribution in [0.15, 0.2) is 24.3 Å². The van der Waals surface area contributed by atoms with Crippen LogP contribution in [0.1, 0.15) is 43.5 Å². The molecule has 0 radical (unpaired) electrons. The van der Waals surface area contributed by atoms with E-state index in [9.17, 15) is 9.59 Å². The lowest BCUT2D eigenvalue weighted by molar-refractivity contribution is -0.121. The van der Waals surface area contributed by atoms with Gasteiger partial charge in [0, 0.05) is 25.6 Å². The van der Waals surface area contributed by atoms with Gasteiger partial charge in [-0.1, -0.05) is 12.1 Å². The summed E-state index contributed by atoms with van der Waals surface area (Å²) in [4.78, 5) is 23.7. The number of hydrogen-bond acceptors (Lipinski definition) is 4. The van der Waals surface area contributed by atoms with E-state index in [1.165, 1.54) is 0 Å². The third kappa shape index (κ3) is 7.65. The molecule has 6 nitrogen and oxygen atoms in total. The van der Waals surface area contributed by atoms with Crippen LogP contribution >= 0.6 is 0 Å². The Kier molecular flexibility index (Phi) is 8.75. The molecule has 2 amide bonds. The van der Waals surface area contributed by atoms with Gasteiger partial charge in [-0.25, -0.2) is 0 Å². The summed E-state index contributed by atoms with van der Waals surface area (Å²) in [6.45, 7) is 5.32. The van der Waals surface area contributed by atoms with E-state index in [1.54, 1.807) is 18.2 Å². The smallest absolute Gasteiger partial charge is 0.255 e. The van der Waals surface area contributed by atoms with Crippen molar-refractivity contribution < 1.29 is 14.3 Å². The SMILES string of the molecule is CCOc1ccccc1C(=O)NCCCC(=O)NCCC(C)N. The first-order valence-electron chi connectivity index (χ1n) is 8.07. The lowest BCUT2D eigenvalue weighted by Gasteiger charge is -2.10. The molecule has 1 atom stereocenters. The average Bonchev–Trinajstić information content (AvgIpc) is 2.52. The van der Waals surface area contributed by atoms with Crippen LogP contribution in [0.2, 0.25) is 0 Å². The summed E-state index contributed by atoms with van der Waals surface area (Å²) in [5.74, 6) is 0.363. The summed E-state index contributed by atoms with van der Waals surface area (Å²) in [5.41, 5.74) is 6.12. The van der Waals surface area contributed by atoms with Gasteiger partial charge in [0.2, 0.25) is 5.91 Å². The number of rotatable bonds is 10. The molecule has 0 aromatic heterocycles. The fourth-order valence-corrected chi connectivity index (χ4v) is 2.01. The molecule has 0 aliphatic carbocycles. The molecule has 0 heterocycles. The van der Waals surface area contributed by atoms with Crippen LogP contribution in [-0.4, -0.2) is 37.6 Å².